The number of likely N-dealkylation sites (tertiary alicyclic amines) is 1. The Kier molecular flexibility index (Phi) is 4.06. The van der Waals surface area contributed by atoms with Gasteiger partial charge in [0.25, 0.3) is 5.56 Å². The van der Waals surface area contributed by atoms with E-state index in [1.165, 1.54) is 0 Å². The maximum Gasteiger partial charge on any atom is 0.281 e. The van der Waals surface area contributed by atoms with E-state index in [1.54, 1.807) is 21.8 Å². The normalized spacial score (nSPS) is 24.6. The summed E-state index contributed by atoms with van der Waals surface area (Å²) in [6, 6.07) is 8.12. The Balaban J connectivity index is 1.66. The van der Waals surface area contributed by atoms with Crippen molar-refractivity contribution in [2.75, 3.05) is 20.2 Å². The molecule has 0 radical (unpaired) electrons. The number of nitrogens with zero attached hydrogens (tertiary/aromatic N) is 7. The molecule has 3 aromatic heterocycles. The number of para-hydroxylation sites is 2. The first kappa shape index (κ1) is 18.7. The molecule has 2 saturated heterocycles. The van der Waals surface area contributed by atoms with Crippen molar-refractivity contribution in [1.29, 1.82) is 0 Å². The molecule has 4 aromatic rings. The van der Waals surface area contributed by atoms with Crippen molar-refractivity contribution in [3.63, 3.8) is 0 Å². The topological polar surface area (TPSA) is 82.5 Å². The Morgan fingerprint density at radius 2 is 2.03 bits per heavy atom. The van der Waals surface area contributed by atoms with Gasteiger partial charge in [-0.1, -0.05) is 17.3 Å². The molecule has 1 aromatic carbocycles. The minimum Gasteiger partial charge on any atom is -0.355 e. The first-order valence-corrected chi connectivity index (χ1v) is 10.8. The fraction of sp³-hybridized carbons (Fsp3) is 0.455. The summed E-state index contributed by atoms with van der Waals surface area (Å²) in [4.78, 5) is 20.9. The highest BCUT2D eigenvalue weighted by molar-refractivity contribution is 5.81. The molecule has 0 N–H and O–H groups in total. The van der Waals surface area contributed by atoms with Gasteiger partial charge in [-0.25, -0.2) is 4.98 Å². The fourth-order valence-electron chi connectivity index (χ4n) is 5.28. The third kappa shape index (κ3) is 2.63. The first-order chi connectivity index (χ1) is 15.1. The number of hydrogen-bond donors (Lipinski definition) is 0. The van der Waals surface area contributed by atoms with E-state index in [9.17, 15) is 4.79 Å². The van der Waals surface area contributed by atoms with Gasteiger partial charge in [-0.05, 0) is 58.3 Å². The summed E-state index contributed by atoms with van der Waals surface area (Å²) in [7, 11) is 2.11. The molecule has 5 heterocycles. The van der Waals surface area contributed by atoms with E-state index < -0.39 is 5.72 Å². The largest absolute Gasteiger partial charge is 0.355 e. The monoisotopic (exact) mass is 419 g/mol. The highest BCUT2D eigenvalue weighted by atomic mass is 16.5. The minimum atomic E-state index is -0.684. The molecule has 2 aliphatic heterocycles. The zero-order valence-corrected chi connectivity index (χ0v) is 17.7. The maximum atomic E-state index is 14.0. The Bertz CT molecular complexity index is 1350. The molecule has 2 aliphatic rings. The van der Waals surface area contributed by atoms with Gasteiger partial charge in [-0.3, -0.25) is 18.7 Å². The van der Waals surface area contributed by atoms with E-state index in [4.69, 9.17) is 4.74 Å². The number of fused-ring (bicyclic) bond motifs is 3. The lowest BCUT2D eigenvalue weighted by Crippen LogP contribution is -2.39. The summed E-state index contributed by atoms with van der Waals surface area (Å²) in [5.41, 5.74) is 2.38. The van der Waals surface area contributed by atoms with Crippen LogP contribution >= 0.6 is 0 Å². The molecule has 160 valence electrons. The summed E-state index contributed by atoms with van der Waals surface area (Å²) < 4.78 is 11.5. The number of rotatable bonds is 3. The molecule has 0 aliphatic carbocycles. The van der Waals surface area contributed by atoms with Gasteiger partial charge in [0.15, 0.2) is 11.3 Å². The molecular weight excluding hydrogens is 394 g/mol. The standard InChI is InChI=1S/C22H25N7O2/c1-22(10-6-12-31-22)28-17-8-4-3-7-16(17)27-14-23-20(19(27)21(28)30)29-18(13-24-25-29)15-9-5-11-26(15)2/h3-4,7-8,13-15H,5-6,9-12H2,1-2H3. The molecule has 2 fully saturated rings. The Morgan fingerprint density at radius 3 is 2.77 bits per heavy atom. The van der Waals surface area contributed by atoms with Crippen LogP contribution in [0.25, 0.3) is 22.4 Å². The Hall–Kier alpha value is -3.04. The van der Waals surface area contributed by atoms with Crippen LogP contribution in [0.2, 0.25) is 0 Å². The average Bonchev–Trinajstić information content (AvgIpc) is 3.54. The van der Waals surface area contributed by atoms with Crippen molar-refractivity contribution < 1.29 is 4.74 Å². The highest BCUT2D eigenvalue weighted by Crippen LogP contribution is 2.34. The zero-order valence-electron chi connectivity index (χ0n) is 17.7. The van der Waals surface area contributed by atoms with Gasteiger partial charge in [-0.2, -0.15) is 4.68 Å². The minimum absolute atomic E-state index is 0.128. The molecule has 0 spiro atoms. The van der Waals surface area contributed by atoms with Crippen LogP contribution in [0.15, 0.2) is 41.6 Å². The maximum absolute atomic E-state index is 14.0. The number of hydrogen-bond acceptors (Lipinski definition) is 6. The second-order valence-corrected chi connectivity index (χ2v) is 8.75. The average molecular weight is 419 g/mol. The number of aromatic nitrogens is 6. The van der Waals surface area contributed by atoms with Crippen molar-refractivity contribution in [3.8, 4) is 5.82 Å². The van der Waals surface area contributed by atoms with Gasteiger partial charge in [-0.15, -0.1) is 5.10 Å². The van der Waals surface area contributed by atoms with Crippen molar-refractivity contribution in [2.24, 2.45) is 0 Å². The molecule has 6 rings (SSSR count). The van der Waals surface area contributed by atoms with Gasteiger partial charge in [0.05, 0.1) is 29.0 Å². The van der Waals surface area contributed by atoms with E-state index in [-0.39, 0.29) is 11.6 Å². The van der Waals surface area contributed by atoms with Crippen molar-refractivity contribution in [3.05, 3.63) is 52.8 Å². The third-order valence-electron chi connectivity index (χ3n) is 6.85. The van der Waals surface area contributed by atoms with E-state index in [0.717, 1.165) is 49.0 Å². The summed E-state index contributed by atoms with van der Waals surface area (Å²) in [5, 5.41) is 8.51. The Morgan fingerprint density at radius 1 is 1.19 bits per heavy atom. The van der Waals surface area contributed by atoms with Crippen LogP contribution in [0.4, 0.5) is 0 Å². The number of benzene rings is 1. The molecule has 2 unspecified atom stereocenters. The molecule has 31 heavy (non-hydrogen) atoms. The Labute approximate surface area is 178 Å². The lowest BCUT2D eigenvalue weighted by atomic mass is 10.1. The highest BCUT2D eigenvalue weighted by Gasteiger charge is 2.36. The van der Waals surface area contributed by atoms with E-state index >= 15 is 0 Å². The van der Waals surface area contributed by atoms with Crippen LogP contribution in [0.1, 0.15) is 44.3 Å². The van der Waals surface area contributed by atoms with Crippen LogP contribution in [0.3, 0.4) is 0 Å². The van der Waals surface area contributed by atoms with Crippen LogP contribution in [-0.4, -0.2) is 54.0 Å². The zero-order chi connectivity index (χ0) is 21.2. The molecular formula is C22H25N7O2. The predicted octanol–water partition coefficient (Wildman–Crippen LogP) is 2.48. The second kappa shape index (κ2) is 6.73. The van der Waals surface area contributed by atoms with Gasteiger partial charge in [0.2, 0.25) is 0 Å². The number of imidazole rings is 1. The summed E-state index contributed by atoms with van der Waals surface area (Å²) in [5.74, 6) is 0.513. The molecule has 9 nitrogen and oxygen atoms in total. The van der Waals surface area contributed by atoms with Gasteiger partial charge in [0, 0.05) is 6.61 Å². The smallest absolute Gasteiger partial charge is 0.281 e. The van der Waals surface area contributed by atoms with Crippen LogP contribution < -0.4 is 5.56 Å². The van der Waals surface area contributed by atoms with E-state index in [1.807, 2.05) is 35.6 Å². The third-order valence-corrected chi connectivity index (χ3v) is 6.85. The summed E-state index contributed by atoms with van der Waals surface area (Å²) in [6.45, 7) is 3.68. The first-order valence-electron chi connectivity index (χ1n) is 10.8. The summed E-state index contributed by atoms with van der Waals surface area (Å²) >= 11 is 0. The van der Waals surface area contributed by atoms with E-state index in [2.05, 4.69) is 27.2 Å². The molecule has 0 amide bonds. The SMILES string of the molecule is CN1CCCC1c1cnnn1-c1ncn2c1c(=O)n(C1(C)CCCO1)c1ccccc12. The van der Waals surface area contributed by atoms with Crippen molar-refractivity contribution in [2.45, 2.75) is 44.4 Å². The fourth-order valence-corrected chi connectivity index (χ4v) is 5.28. The van der Waals surface area contributed by atoms with E-state index in [0.29, 0.717) is 17.9 Å². The molecule has 0 bridgehead atoms. The lowest BCUT2D eigenvalue weighted by molar-refractivity contribution is -0.0447. The summed E-state index contributed by atoms with van der Waals surface area (Å²) in [6.07, 6.45) is 7.38. The van der Waals surface area contributed by atoms with Gasteiger partial charge >= 0.3 is 0 Å². The number of ether oxygens (including phenoxy) is 1. The van der Waals surface area contributed by atoms with Crippen molar-refractivity contribution in [1.82, 2.24) is 33.8 Å². The molecule has 0 saturated carbocycles. The molecule has 9 heteroatoms. The van der Waals surface area contributed by atoms with Crippen molar-refractivity contribution >= 4 is 16.6 Å². The predicted molar refractivity (Wildman–Crippen MR) is 115 cm³/mol. The van der Waals surface area contributed by atoms with Crippen LogP contribution in [-0.2, 0) is 10.5 Å². The molecule has 2 atom stereocenters. The van der Waals surface area contributed by atoms with Crippen LogP contribution in [0.5, 0.6) is 0 Å². The quantitative estimate of drug-likeness (QED) is 0.507. The van der Waals surface area contributed by atoms with Crippen LogP contribution in [0, 0.1) is 0 Å². The lowest BCUT2D eigenvalue weighted by Gasteiger charge is -2.28. The van der Waals surface area contributed by atoms with Gasteiger partial charge < -0.3 is 4.74 Å². The second-order valence-electron chi connectivity index (χ2n) is 8.75. The van der Waals surface area contributed by atoms with Gasteiger partial charge in [0.1, 0.15) is 12.1 Å².